The first-order valence-electron chi connectivity index (χ1n) is 13.1. The average Bonchev–Trinajstić information content (AvgIpc) is 2.91. The van der Waals surface area contributed by atoms with Crippen LogP contribution in [0.15, 0.2) is 47.8 Å². The second-order valence-corrected chi connectivity index (χ2v) is 10.7. The van der Waals surface area contributed by atoms with E-state index in [-0.39, 0.29) is 35.7 Å². The number of aromatic nitrogens is 1. The van der Waals surface area contributed by atoms with E-state index < -0.39 is 23.2 Å². The van der Waals surface area contributed by atoms with E-state index in [1.54, 1.807) is 21.6 Å². The first-order valence-corrected chi connectivity index (χ1v) is 13.1. The van der Waals surface area contributed by atoms with Gasteiger partial charge in [-0.2, -0.15) is 5.26 Å². The number of carbonyl (C=O) groups is 1. The number of carbonyl (C=O) groups excluding carboxylic acids is 1. The Hall–Kier alpha value is -4.23. The molecule has 208 valence electrons. The molecular formula is C30H31F2N5O3. The van der Waals surface area contributed by atoms with E-state index in [9.17, 15) is 23.6 Å². The number of hydrogen-bond donors (Lipinski definition) is 0. The van der Waals surface area contributed by atoms with Crippen LogP contribution in [0.2, 0.25) is 0 Å². The first kappa shape index (κ1) is 27.3. The fraction of sp³-hybridized carbons (Fsp3) is 0.367. The van der Waals surface area contributed by atoms with Crippen LogP contribution in [0.3, 0.4) is 0 Å². The van der Waals surface area contributed by atoms with Gasteiger partial charge < -0.3 is 19.4 Å². The maximum absolute atomic E-state index is 15.0. The highest BCUT2D eigenvalue weighted by Crippen LogP contribution is 2.45. The van der Waals surface area contributed by atoms with Crippen molar-refractivity contribution < 1.29 is 18.3 Å². The lowest BCUT2D eigenvalue weighted by Gasteiger charge is -2.45. The highest BCUT2D eigenvalue weighted by atomic mass is 19.1. The van der Waals surface area contributed by atoms with Gasteiger partial charge in [0.2, 0.25) is 5.91 Å². The molecular weight excluding hydrogens is 516 g/mol. The standard InChI is InChI=1S/C30H31F2N5O3/c1-6-26(38)35-13-18(3)36(14-17(35)2)27-23-10-9-22(21-8-7-19(31)11-25(21)32)29-28(23)37(30(39)24(27)12-33)20(16-40-29)15-34(4)5/h6-11,17-18,20H,1,13-16H2,2-5H3/t17-,18+,20+/m1/s1. The van der Waals surface area contributed by atoms with Gasteiger partial charge >= 0.3 is 0 Å². The lowest BCUT2D eigenvalue weighted by molar-refractivity contribution is -0.128. The summed E-state index contributed by atoms with van der Waals surface area (Å²) in [5, 5.41) is 10.9. The van der Waals surface area contributed by atoms with E-state index in [2.05, 4.69) is 12.6 Å². The van der Waals surface area contributed by atoms with E-state index in [1.807, 2.05) is 37.7 Å². The molecule has 0 radical (unpaired) electrons. The minimum atomic E-state index is -0.747. The number of halogens is 2. The third kappa shape index (κ3) is 4.40. The molecule has 8 nitrogen and oxygen atoms in total. The van der Waals surface area contributed by atoms with Crippen molar-refractivity contribution in [2.75, 3.05) is 45.2 Å². The van der Waals surface area contributed by atoms with E-state index >= 15 is 0 Å². The zero-order valence-corrected chi connectivity index (χ0v) is 22.9. The molecule has 3 aromatic rings. The number of amides is 1. The lowest BCUT2D eigenvalue weighted by Crippen LogP contribution is -2.58. The van der Waals surface area contributed by atoms with E-state index in [1.165, 1.54) is 18.2 Å². The molecule has 0 N–H and O–H groups in total. The lowest BCUT2D eigenvalue weighted by atomic mass is 9.96. The van der Waals surface area contributed by atoms with E-state index in [4.69, 9.17) is 4.74 Å². The monoisotopic (exact) mass is 547 g/mol. The quantitative estimate of drug-likeness (QED) is 0.451. The molecule has 5 rings (SSSR count). The van der Waals surface area contributed by atoms with E-state index in [0.717, 1.165) is 6.07 Å². The largest absolute Gasteiger partial charge is 0.488 e. The van der Waals surface area contributed by atoms with Crippen molar-refractivity contribution in [2.45, 2.75) is 32.0 Å². The van der Waals surface area contributed by atoms with Gasteiger partial charge in [0.25, 0.3) is 5.56 Å². The summed E-state index contributed by atoms with van der Waals surface area (Å²) in [6, 6.07) is 8.14. The SMILES string of the molecule is C=CC(=O)N1C[C@H](C)N(c2c(C#N)c(=O)n3c4c(c(-c5ccc(F)cc5F)ccc24)OC[C@@H]3CN(C)C)C[C@H]1C. The zero-order valence-electron chi connectivity index (χ0n) is 22.9. The smallest absolute Gasteiger partial charge is 0.271 e. The zero-order chi connectivity index (χ0) is 28.9. The second kappa shape index (κ2) is 10.4. The fourth-order valence-electron chi connectivity index (χ4n) is 5.95. The summed E-state index contributed by atoms with van der Waals surface area (Å²) >= 11 is 0. The Labute approximate surface area is 231 Å². The number of pyridine rings is 1. The van der Waals surface area contributed by atoms with Crippen molar-refractivity contribution in [3.63, 3.8) is 0 Å². The highest BCUT2D eigenvalue weighted by molar-refractivity contribution is 6.02. The molecule has 0 spiro atoms. The van der Waals surface area contributed by atoms with Crippen LogP contribution in [-0.4, -0.2) is 72.7 Å². The van der Waals surface area contributed by atoms with Crippen molar-refractivity contribution in [3.8, 4) is 22.9 Å². The van der Waals surface area contributed by atoms with Crippen LogP contribution in [0, 0.1) is 23.0 Å². The van der Waals surface area contributed by atoms with Gasteiger partial charge in [-0.25, -0.2) is 8.78 Å². The van der Waals surface area contributed by atoms with Crippen molar-refractivity contribution in [3.05, 3.63) is 70.5 Å². The number of benzene rings is 2. The predicted octanol–water partition coefficient (Wildman–Crippen LogP) is 3.93. The minimum absolute atomic E-state index is 0.00682. The molecule has 1 aromatic heterocycles. The van der Waals surface area contributed by atoms with Gasteiger partial charge in [0.15, 0.2) is 5.75 Å². The molecule has 2 aromatic carbocycles. The molecule has 0 aliphatic carbocycles. The van der Waals surface area contributed by atoms with Crippen LogP contribution in [-0.2, 0) is 4.79 Å². The number of piperazine rings is 1. The summed E-state index contributed by atoms with van der Waals surface area (Å²) in [6.07, 6.45) is 1.28. The van der Waals surface area contributed by atoms with Gasteiger partial charge in [0, 0.05) is 54.3 Å². The molecule has 2 aliphatic heterocycles. The number of anilines is 1. The van der Waals surface area contributed by atoms with Crippen LogP contribution < -0.4 is 15.2 Å². The Morgan fingerprint density at radius 2 is 1.90 bits per heavy atom. The van der Waals surface area contributed by atoms with Crippen LogP contribution in [0.25, 0.3) is 22.0 Å². The summed E-state index contributed by atoms with van der Waals surface area (Å²) in [5.41, 5.74) is 1.01. The maximum atomic E-state index is 15.0. The third-order valence-electron chi connectivity index (χ3n) is 7.72. The van der Waals surface area contributed by atoms with Crippen molar-refractivity contribution in [1.29, 1.82) is 5.26 Å². The summed E-state index contributed by atoms with van der Waals surface area (Å²) in [5.74, 6) is -1.31. The Morgan fingerprint density at radius 3 is 2.55 bits per heavy atom. The summed E-state index contributed by atoms with van der Waals surface area (Å²) in [4.78, 5) is 32.2. The van der Waals surface area contributed by atoms with Crippen LogP contribution in [0.4, 0.5) is 14.5 Å². The van der Waals surface area contributed by atoms with Crippen molar-refractivity contribution in [2.24, 2.45) is 0 Å². The Kier molecular flexibility index (Phi) is 7.10. The van der Waals surface area contributed by atoms with Crippen LogP contribution in [0.1, 0.15) is 25.5 Å². The van der Waals surface area contributed by atoms with Crippen molar-refractivity contribution in [1.82, 2.24) is 14.4 Å². The molecule has 40 heavy (non-hydrogen) atoms. The first-order chi connectivity index (χ1) is 19.1. The second-order valence-electron chi connectivity index (χ2n) is 10.7. The normalized spacial score (nSPS) is 20.4. The molecule has 1 amide bonds. The van der Waals surface area contributed by atoms with Gasteiger partial charge in [-0.3, -0.25) is 14.2 Å². The van der Waals surface area contributed by atoms with Gasteiger partial charge in [0.05, 0.1) is 17.2 Å². The number of hydrogen-bond acceptors (Lipinski definition) is 6. The van der Waals surface area contributed by atoms with Gasteiger partial charge in [0.1, 0.15) is 29.9 Å². The average molecular weight is 548 g/mol. The summed E-state index contributed by atoms with van der Waals surface area (Å²) < 4.78 is 36.5. The van der Waals surface area contributed by atoms with Crippen LogP contribution in [0.5, 0.6) is 5.75 Å². The van der Waals surface area contributed by atoms with Crippen LogP contribution >= 0.6 is 0 Å². The van der Waals surface area contributed by atoms with Crippen molar-refractivity contribution >= 4 is 22.5 Å². The molecule has 3 heterocycles. The molecule has 0 unspecified atom stereocenters. The summed E-state index contributed by atoms with van der Waals surface area (Å²) in [7, 11) is 3.77. The third-order valence-corrected chi connectivity index (χ3v) is 7.72. The molecule has 1 fully saturated rings. The van der Waals surface area contributed by atoms with Gasteiger partial charge in [-0.05, 0) is 58.3 Å². The molecule has 3 atom stereocenters. The molecule has 0 bridgehead atoms. The summed E-state index contributed by atoms with van der Waals surface area (Å²) in [6.45, 7) is 8.84. The number of likely N-dealkylation sites (N-methyl/N-ethyl adjacent to an activating group) is 1. The fourth-order valence-corrected chi connectivity index (χ4v) is 5.95. The topological polar surface area (TPSA) is 81.8 Å². The molecule has 1 saturated heterocycles. The Bertz CT molecular complexity index is 1630. The minimum Gasteiger partial charge on any atom is -0.488 e. The maximum Gasteiger partial charge on any atom is 0.271 e. The molecule has 2 aliphatic rings. The molecule has 10 heteroatoms. The number of ether oxygens (including phenoxy) is 1. The number of nitriles is 1. The molecule has 0 saturated carbocycles. The highest BCUT2D eigenvalue weighted by Gasteiger charge is 2.37. The number of nitrogens with zero attached hydrogens (tertiary/aromatic N) is 5. The predicted molar refractivity (Wildman–Crippen MR) is 150 cm³/mol. The van der Waals surface area contributed by atoms with Gasteiger partial charge in [-0.1, -0.05) is 6.58 Å². The Morgan fingerprint density at radius 1 is 1.18 bits per heavy atom. The number of rotatable bonds is 5. The van der Waals surface area contributed by atoms with E-state index in [0.29, 0.717) is 47.5 Å². The van der Waals surface area contributed by atoms with Gasteiger partial charge in [-0.15, -0.1) is 0 Å². The Balaban J connectivity index is 1.80.